The fourth-order valence-electron chi connectivity index (χ4n) is 3.07. The molecule has 1 N–H and O–H groups in total. The van der Waals surface area contributed by atoms with Gasteiger partial charge in [0.25, 0.3) is 0 Å². The summed E-state index contributed by atoms with van der Waals surface area (Å²) in [5.41, 5.74) is -0.153. The van der Waals surface area contributed by atoms with Gasteiger partial charge in [-0.25, -0.2) is 14.0 Å². The lowest BCUT2D eigenvalue weighted by molar-refractivity contribution is 0.0220. The maximum atomic E-state index is 14.2. The minimum Gasteiger partial charge on any atom is -0.478 e. The largest absolute Gasteiger partial charge is 0.478 e. The van der Waals surface area contributed by atoms with Crippen LogP contribution in [0, 0.1) is 11.7 Å². The quantitative estimate of drug-likeness (QED) is 0.872. The van der Waals surface area contributed by atoms with E-state index in [0.29, 0.717) is 24.4 Å². The highest BCUT2D eigenvalue weighted by Gasteiger charge is 2.48. The molecular formula is C19H24FNO4. The summed E-state index contributed by atoms with van der Waals surface area (Å²) >= 11 is 0. The number of halogens is 1. The number of carbonyl (C=O) groups is 2. The average Bonchev–Trinajstić information content (AvgIpc) is 3.38. The van der Waals surface area contributed by atoms with Gasteiger partial charge in [0.1, 0.15) is 11.4 Å². The first kappa shape index (κ1) is 17.7. The molecule has 0 aliphatic heterocycles. The molecule has 136 valence electrons. The van der Waals surface area contributed by atoms with Gasteiger partial charge in [-0.1, -0.05) is 0 Å². The van der Waals surface area contributed by atoms with E-state index < -0.39 is 17.4 Å². The summed E-state index contributed by atoms with van der Waals surface area (Å²) in [5.74, 6) is -1.19. The fourth-order valence-corrected chi connectivity index (χ4v) is 3.07. The SMILES string of the molecule is CC(C)(C)OC(=O)N(CC1CC1)[C@@H]1C[C@H]1c1cc(C(=O)O)ccc1F. The Bertz CT molecular complexity index is 693. The van der Waals surface area contributed by atoms with Crippen LogP contribution >= 0.6 is 0 Å². The summed E-state index contributed by atoms with van der Waals surface area (Å²) in [7, 11) is 0. The number of carbonyl (C=O) groups excluding carboxylic acids is 1. The molecule has 0 saturated heterocycles. The molecule has 6 heteroatoms. The van der Waals surface area contributed by atoms with Crippen LogP contribution in [0.1, 0.15) is 61.9 Å². The van der Waals surface area contributed by atoms with Crippen LogP contribution < -0.4 is 0 Å². The zero-order valence-corrected chi connectivity index (χ0v) is 14.8. The van der Waals surface area contributed by atoms with Crippen LogP contribution in [0.2, 0.25) is 0 Å². The third kappa shape index (κ3) is 4.30. The lowest BCUT2D eigenvalue weighted by Crippen LogP contribution is -2.40. The number of rotatable bonds is 5. The number of hydrogen-bond acceptors (Lipinski definition) is 3. The monoisotopic (exact) mass is 349 g/mol. The number of nitrogens with zero attached hydrogens (tertiary/aromatic N) is 1. The zero-order chi connectivity index (χ0) is 18.4. The molecule has 0 aromatic heterocycles. The average molecular weight is 349 g/mol. The molecule has 2 fully saturated rings. The van der Waals surface area contributed by atoms with Crippen LogP contribution in [-0.2, 0) is 4.74 Å². The van der Waals surface area contributed by atoms with Crippen LogP contribution in [0.5, 0.6) is 0 Å². The first-order valence-electron chi connectivity index (χ1n) is 8.68. The van der Waals surface area contributed by atoms with Gasteiger partial charge >= 0.3 is 12.1 Å². The van der Waals surface area contributed by atoms with Gasteiger partial charge in [-0.2, -0.15) is 0 Å². The van der Waals surface area contributed by atoms with Gasteiger partial charge in [-0.3, -0.25) is 0 Å². The second kappa shape index (κ2) is 6.32. The van der Waals surface area contributed by atoms with Crippen molar-refractivity contribution in [1.82, 2.24) is 4.90 Å². The Kier molecular flexibility index (Phi) is 4.47. The minimum atomic E-state index is -1.08. The third-order valence-corrected chi connectivity index (χ3v) is 4.58. The van der Waals surface area contributed by atoms with Crippen molar-refractivity contribution in [2.45, 2.75) is 57.6 Å². The second-order valence-corrected chi connectivity index (χ2v) is 8.03. The Labute approximate surface area is 146 Å². The van der Waals surface area contributed by atoms with Crippen molar-refractivity contribution in [2.24, 2.45) is 5.92 Å². The number of ether oxygens (including phenoxy) is 1. The van der Waals surface area contributed by atoms with Crippen molar-refractivity contribution in [3.8, 4) is 0 Å². The molecule has 1 aromatic carbocycles. The van der Waals surface area contributed by atoms with Gasteiger partial charge in [0.05, 0.1) is 5.56 Å². The van der Waals surface area contributed by atoms with Gasteiger partial charge in [0, 0.05) is 18.5 Å². The standard InChI is InChI=1S/C19H24FNO4/c1-19(2,3)25-18(24)21(10-11-4-5-11)16-9-14(16)13-8-12(17(22)23)6-7-15(13)20/h6-8,11,14,16H,4-5,9-10H2,1-3H3,(H,22,23)/t14-,16+/m0/s1. The molecule has 0 unspecified atom stereocenters. The zero-order valence-electron chi connectivity index (χ0n) is 14.8. The van der Waals surface area contributed by atoms with Gasteiger partial charge in [-0.15, -0.1) is 0 Å². The van der Waals surface area contributed by atoms with Crippen LogP contribution in [0.25, 0.3) is 0 Å². The Balaban J connectivity index is 1.77. The van der Waals surface area contributed by atoms with Crippen LogP contribution in [0.15, 0.2) is 18.2 Å². The van der Waals surface area contributed by atoms with E-state index in [1.807, 2.05) is 20.8 Å². The molecule has 1 amide bonds. The van der Waals surface area contributed by atoms with Crippen LogP contribution in [0.3, 0.4) is 0 Å². The second-order valence-electron chi connectivity index (χ2n) is 8.03. The molecule has 25 heavy (non-hydrogen) atoms. The lowest BCUT2D eigenvalue weighted by atomic mass is 10.1. The molecule has 0 spiro atoms. The van der Waals surface area contributed by atoms with Gasteiger partial charge in [0.2, 0.25) is 0 Å². The molecule has 2 atom stereocenters. The van der Waals surface area contributed by atoms with Gasteiger partial charge in [-0.05, 0) is 69.7 Å². The summed E-state index contributed by atoms with van der Waals surface area (Å²) in [6, 6.07) is 3.70. The molecule has 2 aliphatic rings. The number of benzene rings is 1. The number of amides is 1. The first-order chi connectivity index (χ1) is 11.7. The van der Waals surface area contributed by atoms with Crippen molar-refractivity contribution >= 4 is 12.1 Å². The first-order valence-corrected chi connectivity index (χ1v) is 8.68. The summed E-state index contributed by atoms with van der Waals surface area (Å²) in [5, 5.41) is 9.11. The van der Waals surface area contributed by atoms with Crippen molar-refractivity contribution < 1.29 is 23.8 Å². The minimum absolute atomic E-state index is 0.0630. The number of hydrogen-bond donors (Lipinski definition) is 1. The van der Waals surface area contributed by atoms with E-state index in [1.54, 1.807) is 4.90 Å². The van der Waals surface area contributed by atoms with Crippen molar-refractivity contribution in [3.05, 3.63) is 35.1 Å². The topological polar surface area (TPSA) is 66.8 Å². The van der Waals surface area contributed by atoms with E-state index in [2.05, 4.69) is 0 Å². The van der Waals surface area contributed by atoms with Gasteiger partial charge in [0.15, 0.2) is 0 Å². The number of carboxylic acids is 1. The summed E-state index contributed by atoms with van der Waals surface area (Å²) in [6.07, 6.45) is 2.45. The number of aromatic carboxylic acids is 1. The van der Waals surface area contributed by atoms with Crippen molar-refractivity contribution in [2.75, 3.05) is 6.54 Å². The maximum Gasteiger partial charge on any atom is 0.410 e. The molecule has 3 rings (SSSR count). The Morgan fingerprint density at radius 2 is 2.00 bits per heavy atom. The van der Waals surface area contributed by atoms with E-state index in [9.17, 15) is 14.0 Å². The fraction of sp³-hybridized carbons (Fsp3) is 0.579. The highest BCUT2D eigenvalue weighted by atomic mass is 19.1. The highest BCUT2D eigenvalue weighted by Crippen LogP contribution is 2.47. The van der Waals surface area contributed by atoms with Crippen molar-refractivity contribution in [1.29, 1.82) is 0 Å². The van der Waals surface area contributed by atoms with E-state index in [0.717, 1.165) is 12.8 Å². The molecule has 0 bridgehead atoms. The maximum absolute atomic E-state index is 14.2. The highest BCUT2D eigenvalue weighted by molar-refractivity contribution is 5.87. The summed E-state index contributed by atoms with van der Waals surface area (Å²) in [4.78, 5) is 25.4. The van der Waals surface area contributed by atoms with E-state index in [4.69, 9.17) is 9.84 Å². The van der Waals surface area contributed by atoms with Crippen LogP contribution in [-0.4, -0.2) is 40.3 Å². The molecule has 2 aliphatic carbocycles. The third-order valence-electron chi connectivity index (χ3n) is 4.58. The normalized spacial score (nSPS) is 22.4. The molecule has 0 radical (unpaired) electrons. The summed E-state index contributed by atoms with van der Waals surface area (Å²) < 4.78 is 19.7. The van der Waals surface area contributed by atoms with Crippen molar-refractivity contribution in [3.63, 3.8) is 0 Å². The Morgan fingerprint density at radius 1 is 1.32 bits per heavy atom. The molecule has 0 heterocycles. The predicted molar refractivity (Wildman–Crippen MR) is 90.2 cm³/mol. The Morgan fingerprint density at radius 3 is 2.56 bits per heavy atom. The van der Waals surface area contributed by atoms with Crippen LogP contribution in [0.4, 0.5) is 9.18 Å². The molecule has 2 saturated carbocycles. The molecular weight excluding hydrogens is 325 g/mol. The number of carboxylic acid groups (broad SMARTS) is 1. The smallest absolute Gasteiger partial charge is 0.410 e. The van der Waals surface area contributed by atoms with E-state index in [-0.39, 0.29) is 23.6 Å². The molecule has 1 aromatic rings. The summed E-state index contributed by atoms with van der Waals surface area (Å²) in [6.45, 7) is 6.08. The predicted octanol–water partition coefficient (Wildman–Crippen LogP) is 4.03. The van der Waals surface area contributed by atoms with Gasteiger partial charge < -0.3 is 14.7 Å². The van der Waals surface area contributed by atoms with E-state index >= 15 is 0 Å². The lowest BCUT2D eigenvalue weighted by Gasteiger charge is -2.28. The van der Waals surface area contributed by atoms with E-state index in [1.165, 1.54) is 18.2 Å². The molecule has 5 nitrogen and oxygen atoms in total. The Hall–Kier alpha value is -2.11.